The van der Waals surface area contributed by atoms with Crippen molar-refractivity contribution >= 4 is 0 Å². The fourth-order valence-electron chi connectivity index (χ4n) is 3.70. The smallest absolute Gasteiger partial charge is 0.0487 e. The van der Waals surface area contributed by atoms with E-state index in [4.69, 9.17) is 9.47 Å². The lowest BCUT2D eigenvalue weighted by molar-refractivity contribution is 0.0782. The summed E-state index contributed by atoms with van der Waals surface area (Å²) in [6.45, 7) is 6.90. The molecule has 29 heavy (non-hydrogen) atoms. The second-order valence-corrected chi connectivity index (χ2v) is 9.04. The highest BCUT2D eigenvalue weighted by Crippen LogP contribution is 2.13. The van der Waals surface area contributed by atoms with Crippen LogP contribution >= 0.6 is 0 Å². The van der Waals surface area contributed by atoms with Gasteiger partial charge in [-0.3, -0.25) is 0 Å². The van der Waals surface area contributed by atoms with Crippen molar-refractivity contribution in [3.63, 3.8) is 0 Å². The minimum atomic E-state index is 0.840. The van der Waals surface area contributed by atoms with Gasteiger partial charge in [0, 0.05) is 26.4 Å². The average molecular weight is 414 g/mol. The van der Waals surface area contributed by atoms with Gasteiger partial charge in [0.1, 0.15) is 0 Å². The van der Waals surface area contributed by atoms with Crippen molar-refractivity contribution in [1.82, 2.24) is 4.90 Å². The van der Waals surface area contributed by atoms with E-state index in [1.807, 2.05) is 0 Å². The second-order valence-electron chi connectivity index (χ2n) is 9.04. The molecule has 0 atom stereocenters. The summed E-state index contributed by atoms with van der Waals surface area (Å²) in [7, 11) is 4.21. The van der Waals surface area contributed by atoms with E-state index >= 15 is 0 Å². The minimum Gasteiger partial charge on any atom is -0.381 e. The van der Waals surface area contributed by atoms with E-state index in [0.717, 1.165) is 45.8 Å². The Morgan fingerprint density at radius 3 is 1.17 bits per heavy atom. The predicted molar refractivity (Wildman–Crippen MR) is 129 cm³/mol. The highest BCUT2D eigenvalue weighted by molar-refractivity contribution is 4.50. The lowest BCUT2D eigenvalue weighted by Crippen LogP contribution is -2.15. The van der Waals surface area contributed by atoms with Crippen LogP contribution in [0.2, 0.25) is 0 Å². The molecule has 0 rings (SSSR count). The van der Waals surface area contributed by atoms with Gasteiger partial charge in [-0.2, -0.15) is 0 Å². The van der Waals surface area contributed by atoms with E-state index in [1.54, 1.807) is 0 Å². The molecule has 0 aromatic heterocycles. The Morgan fingerprint density at radius 2 is 0.759 bits per heavy atom. The molecule has 0 saturated heterocycles. The first-order valence-corrected chi connectivity index (χ1v) is 13.1. The summed E-state index contributed by atoms with van der Waals surface area (Å²) in [5.41, 5.74) is 0. The Bertz CT molecular complexity index is 284. The van der Waals surface area contributed by atoms with Gasteiger partial charge in [-0.1, -0.05) is 103 Å². The van der Waals surface area contributed by atoms with Crippen LogP contribution in [0, 0.1) is 0 Å². The van der Waals surface area contributed by atoms with Gasteiger partial charge >= 0.3 is 0 Å². The Labute approximate surface area is 184 Å². The van der Waals surface area contributed by atoms with Crippen molar-refractivity contribution in [3.8, 4) is 0 Å². The van der Waals surface area contributed by atoms with Crippen LogP contribution in [0.25, 0.3) is 0 Å². The molecule has 176 valence electrons. The molecule has 0 radical (unpaired) electrons. The largest absolute Gasteiger partial charge is 0.381 e. The summed E-state index contributed by atoms with van der Waals surface area (Å²) in [5.74, 6) is 0. The van der Waals surface area contributed by atoms with Gasteiger partial charge in [0.05, 0.1) is 0 Å². The Morgan fingerprint density at radius 1 is 0.414 bits per heavy atom. The maximum absolute atomic E-state index is 5.71. The maximum atomic E-state index is 5.71. The van der Waals surface area contributed by atoms with E-state index in [0.29, 0.717) is 0 Å². The van der Waals surface area contributed by atoms with Gasteiger partial charge in [-0.15, -0.1) is 0 Å². The molecule has 0 fully saturated rings. The molecule has 0 bridgehead atoms. The Hall–Kier alpha value is -0.120. The fourth-order valence-corrected chi connectivity index (χ4v) is 3.70. The molecule has 0 heterocycles. The number of hydrogen-bond donors (Lipinski definition) is 0. The zero-order valence-electron chi connectivity index (χ0n) is 20.5. The molecule has 0 aromatic rings. The zero-order chi connectivity index (χ0) is 21.3. The third-order valence-corrected chi connectivity index (χ3v) is 5.61. The van der Waals surface area contributed by atoms with Crippen LogP contribution in [0.4, 0.5) is 0 Å². The molecular formula is C26H55NO2. The maximum Gasteiger partial charge on any atom is 0.0487 e. The van der Waals surface area contributed by atoms with Crippen LogP contribution in [-0.4, -0.2) is 52.0 Å². The van der Waals surface area contributed by atoms with Crippen molar-refractivity contribution in [2.45, 2.75) is 122 Å². The molecule has 3 heteroatoms. The van der Waals surface area contributed by atoms with Crippen LogP contribution in [0.3, 0.4) is 0 Å². The highest BCUT2D eigenvalue weighted by atomic mass is 16.5. The molecule has 3 nitrogen and oxygen atoms in total. The van der Waals surface area contributed by atoms with Gasteiger partial charge < -0.3 is 14.4 Å². The van der Waals surface area contributed by atoms with Gasteiger partial charge in [0.15, 0.2) is 0 Å². The van der Waals surface area contributed by atoms with Crippen molar-refractivity contribution in [3.05, 3.63) is 0 Å². The topological polar surface area (TPSA) is 21.7 Å². The third-order valence-electron chi connectivity index (χ3n) is 5.61. The van der Waals surface area contributed by atoms with E-state index < -0.39 is 0 Å². The molecule has 0 aliphatic carbocycles. The molecule has 0 spiro atoms. The van der Waals surface area contributed by atoms with Crippen molar-refractivity contribution in [2.75, 3.05) is 47.1 Å². The number of unbranched alkanes of at least 4 members (excludes halogenated alkanes) is 15. The first kappa shape index (κ1) is 28.9. The van der Waals surface area contributed by atoms with E-state index in [9.17, 15) is 0 Å². The van der Waals surface area contributed by atoms with E-state index in [2.05, 4.69) is 25.9 Å². The van der Waals surface area contributed by atoms with Crippen molar-refractivity contribution < 1.29 is 9.47 Å². The second kappa shape index (κ2) is 25.9. The first-order valence-electron chi connectivity index (χ1n) is 13.1. The van der Waals surface area contributed by atoms with Gasteiger partial charge in [-0.05, 0) is 39.9 Å². The molecule has 0 aromatic carbocycles. The number of nitrogens with zero attached hydrogens (tertiary/aromatic N) is 1. The van der Waals surface area contributed by atoms with Crippen LogP contribution in [0.1, 0.15) is 122 Å². The molecule has 0 N–H and O–H groups in total. The van der Waals surface area contributed by atoms with Crippen LogP contribution in [0.5, 0.6) is 0 Å². The molecule has 0 unspecified atom stereocenters. The molecule has 0 amide bonds. The summed E-state index contributed by atoms with van der Waals surface area (Å²) in [6.07, 6.45) is 24.9. The highest BCUT2D eigenvalue weighted by Gasteiger charge is 1.96. The summed E-state index contributed by atoms with van der Waals surface area (Å²) in [6, 6.07) is 0. The fraction of sp³-hybridized carbons (Fsp3) is 1.00. The van der Waals surface area contributed by atoms with Crippen molar-refractivity contribution in [2.24, 2.45) is 0 Å². The van der Waals surface area contributed by atoms with Gasteiger partial charge in [0.25, 0.3) is 0 Å². The van der Waals surface area contributed by atoms with Gasteiger partial charge in [-0.25, -0.2) is 0 Å². The lowest BCUT2D eigenvalue weighted by Gasteiger charge is -2.09. The van der Waals surface area contributed by atoms with Crippen LogP contribution in [0.15, 0.2) is 0 Å². The Kier molecular flexibility index (Phi) is 25.8. The summed E-state index contributed by atoms with van der Waals surface area (Å²) < 4.78 is 11.3. The monoisotopic (exact) mass is 413 g/mol. The van der Waals surface area contributed by atoms with Crippen molar-refractivity contribution in [1.29, 1.82) is 0 Å². The summed E-state index contributed by atoms with van der Waals surface area (Å²) >= 11 is 0. The normalized spacial score (nSPS) is 11.6. The molecule has 0 saturated carbocycles. The van der Waals surface area contributed by atoms with E-state index in [-0.39, 0.29) is 0 Å². The molecule has 0 aliphatic rings. The first-order chi connectivity index (χ1) is 14.3. The van der Waals surface area contributed by atoms with Crippen LogP contribution in [-0.2, 0) is 9.47 Å². The minimum absolute atomic E-state index is 0.840. The summed E-state index contributed by atoms with van der Waals surface area (Å²) in [4.78, 5) is 2.20. The molecular weight excluding hydrogens is 358 g/mol. The summed E-state index contributed by atoms with van der Waals surface area (Å²) in [5, 5.41) is 0. The van der Waals surface area contributed by atoms with Crippen LogP contribution < -0.4 is 0 Å². The number of rotatable bonds is 25. The number of ether oxygens (including phenoxy) is 2. The third kappa shape index (κ3) is 27.9. The zero-order valence-corrected chi connectivity index (χ0v) is 20.5. The standard InChI is InChI=1S/C26H55NO2/c1-4-5-6-7-8-9-10-11-12-13-14-15-16-17-18-19-23-28-25-21-26-29-24-20-22-27(2)3/h4-26H2,1-3H3. The molecule has 0 aliphatic heterocycles. The predicted octanol–water partition coefficient (Wildman–Crippen LogP) is 7.62. The SMILES string of the molecule is CCCCCCCCCCCCCCCCCCOCCCOCCCN(C)C. The van der Waals surface area contributed by atoms with E-state index in [1.165, 1.54) is 103 Å². The lowest BCUT2D eigenvalue weighted by atomic mass is 10.0. The average Bonchev–Trinajstić information content (AvgIpc) is 2.71. The quantitative estimate of drug-likeness (QED) is 0.144. The number of hydrogen-bond acceptors (Lipinski definition) is 3. The van der Waals surface area contributed by atoms with Gasteiger partial charge in [0.2, 0.25) is 0 Å². The Balaban J connectivity index is 2.98.